The minimum absolute atomic E-state index is 0.0583. The third kappa shape index (κ3) is 2.81. The van der Waals surface area contributed by atoms with Gasteiger partial charge in [-0.15, -0.1) is 0 Å². The molecule has 1 amide bonds. The van der Waals surface area contributed by atoms with E-state index in [0.717, 1.165) is 4.68 Å². The van der Waals surface area contributed by atoms with Crippen LogP contribution in [0.2, 0.25) is 0 Å². The van der Waals surface area contributed by atoms with Crippen LogP contribution in [0.25, 0.3) is 22.2 Å². The maximum atomic E-state index is 14.1. The maximum Gasteiger partial charge on any atom is 0.281 e. The number of nitrogens with one attached hydrogen (secondary N) is 1. The molecule has 3 N–H and O–H groups in total. The van der Waals surface area contributed by atoms with Gasteiger partial charge in [-0.25, -0.2) is 9.37 Å². The molecule has 3 heterocycles. The molecule has 0 spiro atoms. The molecule has 9 heteroatoms. The highest BCUT2D eigenvalue weighted by atomic mass is 19.1. The number of nitriles is 1. The second-order valence-electron chi connectivity index (χ2n) is 7.02. The van der Waals surface area contributed by atoms with Crippen LogP contribution in [-0.2, 0) is 11.2 Å². The second kappa shape index (κ2) is 6.74. The summed E-state index contributed by atoms with van der Waals surface area (Å²) in [5.41, 5.74) is 8.08. The fraction of sp³-hybridized carbons (Fsp3) is 0.0455. The van der Waals surface area contributed by atoms with Crippen molar-refractivity contribution in [2.45, 2.75) is 6.42 Å². The number of anilines is 2. The summed E-state index contributed by atoms with van der Waals surface area (Å²) < 4.78 is 15.0. The Morgan fingerprint density at radius 2 is 2.06 bits per heavy atom. The van der Waals surface area contributed by atoms with Crippen molar-refractivity contribution in [1.29, 1.82) is 5.26 Å². The number of hydrogen-bond donors (Lipinski definition) is 2. The Kier molecular flexibility index (Phi) is 4.01. The summed E-state index contributed by atoms with van der Waals surface area (Å²) in [4.78, 5) is 30.8. The summed E-state index contributed by atoms with van der Waals surface area (Å²) in [6.07, 6.45) is 1.05. The predicted molar refractivity (Wildman–Crippen MR) is 111 cm³/mol. The van der Waals surface area contributed by atoms with Crippen LogP contribution >= 0.6 is 0 Å². The number of pyridine rings is 1. The Morgan fingerprint density at radius 1 is 1.26 bits per heavy atom. The fourth-order valence-corrected chi connectivity index (χ4v) is 3.78. The van der Waals surface area contributed by atoms with Gasteiger partial charge in [-0.3, -0.25) is 9.59 Å². The van der Waals surface area contributed by atoms with Gasteiger partial charge in [-0.1, -0.05) is 18.2 Å². The quantitative estimate of drug-likeness (QED) is 0.495. The largest absolute Gasteiger partial charge is 0.382 e. The molecule has 8 nitrogen and oxygen atoms in total. The topological polar surface area (TPSA) is 127 Å². The molecule has 0 aliphatic carbocycles. The monoisotopic (exact) mass is 412 g/mol. The lowest BCUT2D eigenvalue weighted by atomic mass is 9.94. The first-order chi connectivity index (χ1) is 15.0. The van der Waals surface area contributed by atoms with E-state index in [1.807, 2.05) is 6.07 Å². The fourth-order valence-electron chi connectivity index (χ4n) is 3.78. The average molecular weight is 412 g/mol. The third-order valence-corrected chi connectivity index (χ3v) is 5.17. The number of nitrogens with two attached hydrogens (primary N) is 1. The van der Waals surface area contributed by atoms with Gasteiger partial charge in [-0.2, -0.15) is 15.0 Å². The van der Waals surface area contributed by atoms with E-state index in [1.165, 1.54) is 24.4 Å². The lowest BCUT2D eigenvalue weighted by molar-refractivity contribution is -0.115. The van der Waals surface area contributed by atoms with E-state index in [4.69, 9.17) is 11.0 Å². The minimum atomic E-state index is -0.610. The molecule has 0 saturated carbocycles. The lowest BCUT2D eigenvalue weighted by Gasteiger charge is -2.15. The predicted octanol–water partition coefficient (Wildman–Crippen LogP) is 2.87. The number of amides is 1. The van der Waals surface area contributed by atoms with Gasteiger partial charge in [0.15, 0.2) is 0 Å². The van der Waals surface area contributed by atoms with Gasteiger partial charge in [0.2, 0.25) is 5.91 Å². The molecule has 0 saturated heterocycles. The van der Waals surface area contributed by atoms with Crippen LogP contribution < -0.4 is 11.1 Å². The zero-order valence-corrected chi connectivity index (χ0v) is 15.9. The zero-order valence-electron chi connectivity index (χ0n) is 15.9. The number of nitrogens with zero attached hydrogens (tertiary/aromatic N) is 4. The minimum Gasteiger partial charge on any atom is -0.382 e. The van der Waals surface area contributed by atoms with E-state index >= 15 is 0 Å². The molecule has 1 aliphatic rings. The molecule has 1 aliphatic heterocycles. The van der Waals surface area contributed by atoms with Gasteiger partial charge < -0.3 is 11.1 Å². The van der Waals surface area contributed by atoms with Crippen molar-refractivity contribution in [2.75, 3.05) is 11.1 Å². The second-order valence-corrected chi connectivity index (χ2v) is 7.02. The van der Waals surface area contributed by atoms with Crippen molar-refractivity contribution in [3.05, 3.63) is 71.2 Å². The summed E-state index contributed by atoms with van der Waals surface area (Å²) in [6.45, 7) is 0. The van der Waals surface area contributed by atoms with E-state index in [-0.39, 0.29) is 29.3 Å². The molecule has 31 heavy (non-hydrogen) atoms. The summed E-state index contributed by atoms with van der Waals surface area (Å²) >= 11 is 0. The number of hydrogen-bond acceptors (Lipinski definition) is 6. The molecule has 4 aromatic rings. The number of fused-ring (bicyclic) bond motifs is 4. The number of nitrogen functional groups attached to an aromatic ring is 1. The highest BCUT2D eigenvalue weighted by molar-refractivity contribution is 6.13. The van der Waals surface area contributed by atoms with Gasteiger partial charge >= 0.3 is 0 Å². The van der Waals surface area contributed by atoms with Crippen molar-refractivity contribution >= 4 is 34.2 Å². The standard InChI is InChI=1S/C22H13FN6O2/c23-12-5-6-17-14(7-12)20-15(8-18(30)27-17)19(13-3-1-2-4-16(13)28-20)22(31)29-21(25)11(9-24)10-26-29/h1-7,10H,8,25H2,(H,27,30). The lowest BCUT2D eigenvalue weighted by Crippen LogP contribution is -2.21. The van der Waals surface area contributed by atoms with Crippen LogP contribution in [0.5, 0.6) is 0 Å². The maximum absolute atomic E-state index is 14.1. The highest BCUT2D eigenvalue weighted by Gasteiger charge is 2.29. The van der Waals surface area contributed by atoms with Crippen molar-refractivity contribution in [3.63, 3.8) is 0 Å². The van der Waals surface area contributed by atoms with E-state index in [1.54, 1.807) is 24.3 Å². The van der Waals surface area contributed by atoms with Gasteiger partial charge in [0.1, 0.15) is 23.3 Å². The average Bonchev–Trinajstić information content (AvgIpc) is 3.07. The van der Waals surface area contributed by atoms with Crippen LogP contribution in [0.3, 0.4) is 0 Å². The van der Waals surface area contributed by atoms with Gasteiger partial charge in [0.05, 0.1) is 35.1 Å². The molecule has 0 atom stereocenters. The summed E-state index contributed by atoms with van der Waals surface area (Å²) in [5, 5.41) is 16.3. The number of carbonyl (C=O) groups excluding carboxylic acids is 2. The first-order valence-electron chi connectivity index (χ1n) is 9.27. The molecule has 0 unspecified atom stereocenters. The highest BCUT2D eigenvalue weighted by Crippen LogP contribution is 2.37. The molecular weight excluding hydrogens is 399 g/mol. The summed E-state index contributed by atoms with van der Waals surface area (Å²) in [7, 11) is 0. The number of halogens is 1. The molecular formula is C22H13FN6O2. The van der Waals surface area contributed by atoms with Crippen LogP contribution in [0.1, 0.15) is 21.5 Å². The van der Waals surface area contributed by atoms with Crippen molar-refractivity contribution < 1.29 is 14.0 Å². The van der Waals surface area contributed by atoms with E-state index in [2.05, 4.69) is 15.4 Å². The van der Waals surface area contributed by atoms with Crippen molar-refractivity contribution in [3.8, 4) is 17.3 Å². The Bertz CT molecular complexity index is 1470. The first kappa shape index (κ1) is 18.4. The molecule has 0 radical (unpaired) electrons. The van der Waals surface area contributed by atoms with Crippen LogP contribution in [0.4, 0.5) is 15.9 Å². The van der Waals surface area contributed by atoms with Crippen LogP contribution in [-0.4, -0.2) is 26.6 Å². The Morgan fingerprint density at radius 3 is 2.84 bits per heavy atom. The van der Waals surface area contributed by atoms with Crippen LogP contribution in [0.15, 0.2) is 48.7 Å². The van der Waals surface area contributed by atoms with E-state index in [9.17, 15) is 14.0 Å². The molecule has 2 aromatic heterocycles. The number of aromatic nitrogens is 3. The first-order valence-corrected chi connectivity index (χ1v) is 9.27. The van der Waals surface area contributed by atoms with E-state index < -0.39 is 11.7 Å². The molecule has 150 valence electrons. The summed E-state index contributed by atoms with van der Waals surface area (Å²) in [6, 6.07) is 12.8. The SMILES string of the molecule is N#Cc1cnn(C(=O)c2c3c(nc4ccccc24)-c2cc(F)ccc2NC(=O)C3)c1N. The van der Waals surface area contributed by atoms with Gasteiger partial charge in [0.25, 0.3) is 5.91 Å². The Balaban J connectivity index is 1.88. The zero-order chi connectivity index (χ0) is 21.7. The molecule has 2 aromatic carbocycles. The summed E-state index contributed by atoms with van der Waals surface area (Å²) in [5.74, 6) is -1.59. The normalized spacial score (nSPS) is 12.5. The number of benzene rings is 2. The van der Waals surface area contributed by atoms with Crippen LogP contribution in [0, 0.1) is 17.1 Å². The van der Waals surface area contributed by atoms with Gasteiger partial charge in [-0.05, 0) is 24.3 Å². The Hall–Kier alpha value is -4.58. The smallest absolute Gasteiger partial charge is 0.281 e. The number of rotatable bonds is 1. The van der Waals surface area contributed by atoms with Gasteiger partial charge in [0, 0.05) is 16.5 Å². The molecule has 0 bridgehead atoms. The van der Waals surface area contributed by atoms with Crippen molar-refractivity contribution in [2.24, 2.45) is 0 Å². The van der Waals surface area contributed by atoms with Crippen molar-refractivity contribution in [1.82, 2.24) is 14.8 Å². The number of para-hydroxylation sites is 1. The van der Waals surface area contributed by atoms with E-state index in [0.29, 0.717) is 33.4 Å². The molecule has 0 fully saturated rings. The molecule has 5 rings (SSSR count). The third-order valence-electron chi connectivity index (χ3n) is 5.17. The Labute approximate surface area is 174 Å². The number of carbonyl (C=O) groups is 2.